The first-order valence-corrected chi connectivity index (χ1v) is 7.91. The van der Waals surface area contributed by atoms with Crippen LogP contribution in [0.2, 0.25) is 0 Å². The molecule has 0 bridgehead atoms. The van der Waals surface area contributed by atoms with E-state index in [-0.39, 0.29) is 11.7 Å². The number of benzene rings is 1. The number of hydrogen-bond donors (Lipinski definition) is 0. The van der Waals surface area contributed by atoms with E-state index in [9.17, 15) is 9.18 Å². The van der Waals surface area contributed by atoms with Crippen LogP contribution in [-0.4, -0.2) is 17.8 Å². The third-order valence-electron chi connectivity index (χ3n) is 3.54. The summed E-state index contributed by atoms with van der Waals surface area (Å²) in [5.41, 5.74) is 1.73. The van der Waals surface area contributed by atoms with E-state index in [1.54, 1.807) is 12.1 Å². The molecule has 0 radical (unpaired) electrons. The lowest BCUT2D eigenvalue weighted by Crippen LogP contribution is -2.15. The van der Waals surface area contributed by atoms with E-state index in [1.165, 1.54) is 23.5 Å². The Hall–Kier alpha value is -1.75. The van der Waals surface area contributed by atoms with Gasteiger partial charge in [-0.2, -0.15) is 0 Å². The van der Waals surface area contributed by atoms with Crippen LogP contribution in [0.25, 0.3) is 0 Å². The number of anilines is 2. The highest BCUT2D eigenvalue weighted by Gasteiger charge is 2.19. The summed E-state index contributed by atoms with van der Waals surface area (Å²) in [6.45, 7) is 6.86. The van der Waals surface area contributed by atoms with Gasteiger partial charge in [-0.1, -0.05) is 25.2 Å². The number of aromatic nitrogens is 1. The van der Waals surface area contributed by atoms with Crippen LogP contribution < -0.4 is 4.90 Å². The highest BCUT2D eigenvalue weighted by Crippen LogP contribution is 2.34. The van der Waals surface area contributed by atoms with Crippen molar-refractivity contribution in [1.82, 2.24) is 4.98 Å². The summed E-state index contributed by atoms with van der Waals surface area (Å²) in [7, 11) is 0. The SMILES string of the molecule is CCC(C)c1nc(N(CC)c2ccc(F)cc2)sc1C=O. The predicted molar refractivity (Wildman–Crippen MR) is 85.3 cm³/mol. The van der Waals surface area contributed by atoms with Crippen LogP contribution in [0.15, 0.2) is 24.3 Å². The van der Waals surface area contributed by atoms with Crippen molar-refractivity contribution in [3.8, 4) is 0 Å². The molecule has 0 N–H and O–H groups in total. The van der Waals surface area contributed by atoms with Gasteiger partial charge in [-0.15, -0.1) is 0 Å². The zero-order valence-corrected chi connectivity index (χ0v) is 13.3. The Kier molecular flexibility index (Phi) is 5.07. The van der Waals surface area contributed by atoms with Gasteiger partial charge in [0.05, 0.1) is 10.6 Å². The average molecular weight is 306 g/mol. The van der Waals surface area contributed by atoms with E-state index >= 15 is 0 Å². The molecule has 0 saturated carbocycles. The van der Waals surface area contributed by atoms with Crippen LogP contribution in [0.5, 0.6) is 0 Å². The van der Waals surface area contributed by atoms with E-state index in [0.29, 0.717) is 11.4 Å². The second-order valence-electron chi connectivity index (χ2n) is 4.89. The van der Waals surface area contributed by atoms with Gasteiger partial charge in [-0.05, 0) is 43.5 Å². The van der Waals surface area contributed by atoms with Crippen molar-refractivity contribution >= 4 is 28.4 Å². The number of hydrogen-bond acceptors (Lipinski definition) is 4. The van der Waals surface area contributed by atoms with Gasteiger partial charge in [0.1, 0.15) is 5.82 Å². The average Bonchev–Trinajstić information content (AvgIpc) is 2.93. The van der Waals surface area contributed by atoms with Crippen molar-refractivity contribution in [3.63, 3.8) is 0 Å². The molecule has 0 aliphatic heterocycles. The topological polar surface area (TPSA) is 33.2 Å². The van der Waals surface area contributed by atoms with Gasteiger partial charge in [-0.3, -0.25) is 4.79 Å². The van der Waals surface area contributed by atoms with Gasteiger partial charge >= 0.3 is 0 Å². The Morgan fingerprint density at radius 1 is 1.33 bits per heavy atom. The molecule has 5 heteroatoms. The Morgan fingerprint density at radius 3 is 2.52 bits per heavy atom. The first kappa shape index (κ1) is 15.6. The van der Waals surface area contributed by atoms with Crippen LogP contribution in [-0.2, 0) is 0 Å². The molecule has 112 valence electrons. The van der Waals surface area contributed by atoms with Crippen molar-refractivity contribution in [2.45, 2.75) is 33.1 Å². The molecule has 0 aliphatic carbocycles. The number of thiazole rings is 1. The highest BCUT2D eigenvalue weighted by atomic mass is 32.1. The maximum Gasteiger partial charge on any atom is 0.190 e. The maximum atomic E-state index is 13.1. The molecule has 0 aliphatic rings. The van der Waals surface area contributed by atoms with Crippen molar-refractivity contribution < 1.29 is 9.18 Å². The minimum atomic E-state index is -0.261. The number of carbonyl (C=O) groups is 1. The Morgan fingerprint density at radius 2 is 2.00 bits per heavy atom. The minimum absolute atomic E-state index is 0.252. The molecule has 0 saturated heterocycles. The lowest BCUT2D eigenvalue weighted by molar-refractivity contribution is 0.112. The van der Waals surface area contributed by atoms with Crippen molar-refractivity contribution in [2.75, 3.05) is 11.4 Å². The summed E-state index contributed by atoms with van der Waals surface area (Å²) in [5, 5.41) is 0.779. The van der Waals surface area contributed by atoms with Crippen LogP contribution in [0, 0.1) is 5.82 Å². The van der Waals surface area contributed by atoms with Crippen LogP contribution >= 0.6 is 11.3 Å². The quantitative estimate of drug-likeness (QED) is 0.721. The molecule has 1 aromatic carbocycles. The fourth-order valence-electron chi connectivity index (χ4n) is 2.13. The first-order valence-electron chi connectivity index (χ1n) is 7.09. The molecule has 1 aromatic heterocycles. The fourth-order valence-corrected chi connectivity index (χ4v) is 3.21. The van der Waals surface area contributed by atoms with Gasteiger partial charge in [0.2, 0.25) is 0 Å². The van der Waals surface area contributed by atoms with Crippen LogP contribution in [0.3, 0.4) is 0 Å². The third kappa shape index (κ3) is 3.29. The Bertz CT molecular complexity index is 609. The molecular weight excluding hydrogens is 287 g/mol. The van der Waals surface area contributed by atoms with E-state index in [0.717, 1.165) is 29.2 Å². The maximum absolute atomic E-state index is 13.1. The number of aldehydes is 1. The smallest absolute Gasteiger partial charge is 0.190 e. The Balaban J connectivity index is 2.40. The number of rotatable bonds is 6. The molecule has 1 heterocycles. The van der Waals surface area contributed by atoms with Crippen LogP contribution in [0.1, 0.15) is 48.5 Å². The minimum Gasteiger partial charge on any atom is -0.318 e. The number of nitrogens with zero attached hydrogens (tertiary/aromatic N) is 2. The van der Waals surface area contributed by atoms with E-state index < -0.39 is 0 Å². The molecule has 1 unspecified atom stereocenters. The fraction of sp³-hybridized carbons (Fsp3) is 0.375. The lowest BCUT2D eigenvalue weighted by Gasteiger charge is -2.19. The predicted octanol–water partition coefficient (Wildman–Crippen LogP) is 4.77. The molecule has 0 spiro atoms. The number of halogens is 1. The highest BCUT2D eigenvalue weighted by molar-refractivity contribution is 7.17. The van der Waals surface area contributed by atoms with Crippen molar-refractivity contribution in [3.05, 3.63) is 40.7 Å². The largest absolute Gasteiger partial charge is 0.318 e. The summed E-state index contributed by atoms with van der Waals surface area (Å²) >= 11 is 1.39. The third-order valence-corrected chi connectivity index (χ3v) is 4.56. The zero-order chi connectivity index (χ0) is 15.4. The molecule has 1 atom stereocenters. The second kappa shape index (κ2) is 6.80. The summed E-state index contributed by atoms with van der Waals surface area (Å²) in [5.74, 6) is -0.00931. The van der Waals surface area contributed by atoms with Crippen LogP contribution in [0.4, 0.5) is 15.2 Å². The first-order chi connectivity index (χ1) is 10.1. The van der Waals surface area contributed by atoms with E-state index in [1.807, 2.05) is 11.8 Å². The standard InChI is InChI=1S/C16H19FN2OS/c1-4-11(3)15-14(10-20)21-16(18-15)19(5-2)13-8-6-12(17)7-9-13/h6-11H,4-5H2,1-3H3. The van der Waals surface area contributed by atoms with Gasteiger partial charge in [0, 0.05) is 12.2 Å². The zero-order valence-electron chi connectivity index (χ0n) is 12.5. The monoisotopic (exact) mass is 306 g/mol. The molecule has 2 rings (SSSR count). The van der Waals surface area contributed by atoms with Gasteiger partial charge in [-0.25, -0.2) is 9.37 Å². The molecule has 0 amide bonds. The summed E-state index contributed by atoms with van der Waals surface area (Å²) in [6.07, 6.45) is 1.81. The van der Waals surface area contributed by atoms with Gasteiger partial charge < -0.3 is 4.90 Å². The lowest BCUT2D eigenvalue weighted by atomic mass is 10.0. The summed E-state index contributed by atoms with van der Waals surface area (Å²) in [4.78, 5) is 18.6. The molecule has 2 aromatic rings. The van der Waals surface area contributed by atoms with Crippen molar-refractivity contribution in [2.24, 2.45) is 0 Å². The molecule has 21 heavy (non-hydrogen) atoms. The van der Waals surface area contributed by atoms with Crippen molar-refractivity contribution in [1.29, 1.82) is 0 Å². The van der Waals surface area contributed by atoms with Gasteiger partial charge in [0.15, 0.2) is 11.4 Å². The molecule has 3 nitrogen and oxygen atoms in total. The molecule has 0 fully saturated rings. The summed E-state index contributed by atoms with van der Waals surface area (Å²) in [6, 6.07) is 6.32. The number of carbonyl (C=O) groups excluding carboxylic acids is 1. The van der Waals surface area contributed by atoms with Gasteiger partial charge in [0.25, 0.3) is 0 Å². The van der Waals surface area contributed by atoms with E-state index in [4.69, 9.17) is 0 Å². The molecular formula is C16H19FN2OS. The normalized spacial score (nSPS) is 12.2. The Labute approximate surface area is 128 Å². The summed E-state index contributed by atoms with van der Waals surface area (Å²) < 4.78 is 13.1. The van der Waals surface area contributed by atoms with E-state index in [2.05, 4.69) is 18.8 Å². The second-order valence-corrected chi connectivity index (χ2v) is 5.90.